The van der Waals surface area contributed by atoms with E-state index >= 15 is 0 Å². The van der Waals surface area contributed by atoms with E-state index in [1.165, 1.54) is 16.9 Å². The molecular weight excluding hydrogens is 406 g/mol. The van der Waals surface area contributed by atoms with Crippen LogP contribution in [-0.4, -0.2) is 31.3 Å². The van der Waals surface area contributed by atoms with Gasteiger partial charge in [0.15, 0.2) is 0 Å². The predicted octanol–water partition coefficient (Wildman–Crippen LogP) is 5.62. The minimum absolute atomic E-state index is 0. The Bertz CT molecular complexity index is 1020. The molecule has 6 heteroatoms. The molecule has 0 amide bonds. The standard InChI is InChI=1S/C23H25NO3S.ClH/c1-14-9-10-17-18(13-14)28-22-21(17)20(16-7-5-4-6-8-16)19(15(2)24-22)23(25)27-12-11-26-3;/h4-8,14H,9-13H2,1-3H3;1H. The number of hydrogen-bond donors (Lipinski definition) is 0. The Morgan fingerprint density at radius 3 is 2.72 bits per heavy atom. The molecule has 1 aliphatic carbocycles. The van der Waals surface area contributed by atoms with E-state index < -0.39 is 0 Å². The molecule has 29 heavy (non-hydrogen) atoms. The zero-order valence-corrected chi connectivity index (χ0v) is 18.6. The molecule has 1 unspecified atom stereocenters. The molecule has 2 aromatic heterocycles. The molecule has 4 rings (SSSR count). The maximum atomic E-state index is 13.0. The molecule has 1 atom stereocenters. The first-order chi connectivity index (χ1) is 13.6. The van der Waals surface area contributed by atoms with Crippen LogP contribution in [0.1, 0.15) is 39.8 Å². The van der Waals surface area contributed by atoms with Crippen molar-refractivity contribution in [3.8, 4) is 11.1 Å². The summed E-state index contributed by atoms with van der Waals surface area (Å²) in [5.74, 6) is 0.368. The number of aryl methyl sites for hydroxylation is 2. The van der Waals surface area contributed by atoms with Gasteiger partial charge in [-0.05, 0) is 43.2 Å². The third kappa shape index (κ3) is 4.18. The second-order valence-electron chi connectivity index (χ2n) is 7.47. The van der Waals surface area contributed by atoms with Gasteiger partial charge in [-0.1, -0.05) is 37.3 Å². The Labute approximate surface area is 181 Å². The first-order valence-electron chi connectivity index (χ1n) is 9.76. The van der Waals surface area contributed by atoms with E-state index in [4.69, 9.17) is 14.5 Å². The molecule has 1 aliphatic rings. The first-order valence-corrected chi connectivity index (χ1v) is 10.6. The van der Waals surface area contributed by atoms with Crippen LogP contribution in [0.4, 0.5) is 0 Å². The van der Waals surface area contributed by atoms with E-state index in [1.807, 2.05) is 25.1 Å². The fraction of sp³-hybridized carbons (Fsp3) is 0.391. The van der Waals surface area contributed by atoms with Gasteiger partial charge in [0.2, 0.25) is 0 Å². The Kier molecular flexibility index (Phi) is 6.93. The molecule has 0 fully saturated rings. The van der Waals surface area contributed by atoms with Gasteiger partial charge in [-0.15, -0.1) is 23.7 Å². The molecule has 0 aliphatic heterocycles. The monoisotopic (exact) mass is 431 g/mol. The Morgan fingerprint density at radius 1 is 1.24 bits per heavy atom. The molecule has 0 saturated heterocycles. The molecule has 4 nitrogen and oxygen atoms in total. The lowest BCUT2D eigenvalue weighted by molar-refractivity contribution is 0.0388. The largest absolute Gasteiger partial charge is 0.460 e. The fourth-order valence-corrected chi connectivity index (χ4v) is 5.46. The molecular formula is C23H26ClNO3S. The van der Waals surface area contributed by atoms with Gasteiger partial charge in [0.25, 0.3) is 0 Å². The number of nitrogens with zero attached hydrogens (tertiary/aromatic N) is 1. The summed E-state index contributed by atoms with van der Waals surface area (Å²) in [6, 6.07) is 10.1. The van der Waals surface area contributed by atoms with E-state index in [1.54, 1.807) is 18.4 Å². The van der Waals surface area contributed by atoms with Gasteiger partial charge in [0, 0.05) is 22.9 Å². The number of halogens is 1. The molecule has 0 bridgehead atoms. The van der Waals surface area contributed by atoms with E-state index in [9.17, 15) is 4.79 Å². The van der Waals surface area contributed by atoms with Crippen LogP contribution in [0.3, 0.4) is 0 Å². The minimum atomic E-state index is -0.327. The number of thiophene rings is 1. The van der Waals surface area contributed by atoms with Crippen molar-refractivity contribution < 1.29 is 14.3 Å². The number of hydrogen-bond acceptors (Lipinski definition) is 5. The molecule has 0 spiro atoms. The van der Waals surface area contributed by atoms with Crippen LogP contribution in [-0.2, 0) is 22.3 Å². The predicted molar refractivity (Wildman–Crippen MR) is 120 cm³/mol. The van der Waals surface area contributed by atoms with E-state index in [-0.39, 0.29) is 25.0 Å². The maximum Gasteiger partial charge on any atom is 0.340 e. The highest BCUT2D eigenvalue weighted by atomic mass is 35.5. The summed E-state index contributed by atoms with van der Waals surface area (Å²) in [4.78, 5) is 20.3. The summed E-state index contributed by atoms with van der Waals surface area (Å²) in [6.07, 6.45) is 3.31. The van der Waals surface area contributed by atoms with Gasteiger partial charge in [0.05, 0.1) is 17.9 Å². The minimum Gasteiger partial charge on any atom is -0.460 e. The van der Waals surface area contributed by atoms with Crippen LogP contribution >= 0.6 is 23.7 Å². The number of methoxy groups -OCH3 is 1. The SMILES string of the molecule is COCCOC(=O)c1c(C)nc2sc3c(c2c1-c1ccccc1)CCC(C)C3.Cl. The zero-order chi connectivity index (χ0) is 19.7. The van der Waals surface area contributed by atoms with Crippen LogP contribution in [0.15, 0.2) is 30.3 Å². The van der Waals surface area contributed by atoms with E-state index in [0.29, 0.717) is 18.1 Å². The Hall–Kier alpha value is -1.95. The van der Waals surface area contributed by atoms with Crippen molar-refractivity contribution in [2.45, 2.75) is 33.1 Å². The lowest BCUT2D eigenvalue weighted by Gasteiger charge is -2.19. The third-order valence-electron chi connectivity index (χ3n) is 5.41. The van der Waals surface area contributed by atoms with Crippen LogP contribution in [0.2, 0.25) is 0 Å². The molecule has 0 saturated carbocycles. The summed E-state index contributed by atoms with van der Waals surface area (Å²) < 4.78 is 10.5. The van der Waals surface area contributed by atoms with Crippen molar-refractivity contribution in [2.75, 3.05) is 20.3 Å². The zero-order valence-electron chi connectivity index (χ0n) is 17.0. The lowest BCUT2D eigenvalue weighted by atomic mass is 9.86. The number of pyridine rings is 1. The van der Waals surface area contributed by atoms with Crippen molar-refractivity contribution in [3.63, 3.8) is 0 Å². The van der Waals surface area contributed by atoms with Crippen molar-refractivity contribution in [3.05, 3.63) is 52.0 Å². The van der Waals surface area contributed by atoms with Gasteiger partial charge >= 0.3 is 5.97 Å². The van der Waals surface area contributed by atoms with Crippen LogP contribution in [0.25, 0.3) is 21.3 Å². The second kappa shape index (κ2) is 9.24. The number of benzene rings is 1. The number of carbonyl (C=O) groups is 1. The average molecular weight is 432 g/mol. The summed E-state index contributed by atoms with van der Waals surface area (Å²) in [6.45, 7) is 4.83. The number of aromatic nitrogens is 1. The van der Waals surface area contributed by atoms with Crippen molar-refractivity contribution >= 4 is 39.9 Å². The van der Waals surface area contributed by atoms with E-state index in [0.717, 1.165) is 39.9 Å². The van der Waals surface area contributed by atoms with Crippen molar-refractivity contribution in [1.82, 2.24) is 4.98 Å². The number of rotatable bonds is 5. The van der Waals surface area contributed by atoms with Crippen molar-refractivity contribution in [2.24, 2.45) is 5.92 Å². The molecule has 1 aromatic carbocycles. The van der Waals surface area contributed by atoms with Gasteiger partial charge < -0.3 is 9.47 Å². The normalized spacial score (nSPS) is 15.6. The summed E-state index contributed by atoms with van der Waals surface area (Å²) >= 11 is 1.79. The lowest BCUT2D eigenvalue weighted by Crippen LogP contribution is -2.14. The summed E-state index contributed by atoms with van der Waals surface area (Å²) in [7, 11) is 1.60. The first kappa shape index (κ1) is 21.8. The topological polar surface area (TPSA) is 48.4 Å². The van der Waals surface area contributed by atoms with Gasteiger partial charge in [-0.3, -0.25) is 0 Å². The van der Waals surface area contributed by atoms with Gasteiger partial charge in [-0.25, -0.2) is 9.78 Å². The Morgan fingerprint density at radius 2 is 2.00 bits per heavy atom. The van der Waals surface area contributed by atoms with Gasteiger partial charge in [-0.2, -0.15) is 0 Å². The Balaban J connectivity index is 0.00000240. The highest BCUT2D eigenvalue weighted by Gasteiger charge is 2.28. The second-order valence-corrected chi connectivity index (χ2v) is 8.56. The summed E-state index contributed by atoms with van der Waals surface area (Å²) in [5, 5.41) is 1.14. The highest BCUT2D eigenvalue weighted by molar-refractivity contribution is 7.19. The number of ether oxygens (including phenoxy) is 2. The number of fused-ring (bicyclic) bond motifs is 3. The van der Waals surface area contributed by atoms with Crippen molar-refractivity contribution in [1.29, 1.82) is 0 Å². The molecule has 0 N–H and O–H groups in total. The molecule has 3 aromatic rings. The quantitative estimate of drug-likeness (QED) is 0.388. The molecule has 154 valence electrons. The average Bonchev–Trinajstić information content (AvgIpc) is 3.04. The molecule has 2 heterocycles. The van der Waals surface area contributed by atoms with Crippen LogP contribution < -0.4 is 0 Å². The van der Waals surface area contributed by atoms with Gasteiger partial charge in [0.1, 0.15) is 11.4 Å². The highest BCUT2D eigenvalue weighted by Crippen LogP contribution is 2.44. The number of esters is 1. The van der Waals surface area contributed by atoms with E-state index in [2.05, 4.69) is 19.1 Å². The smallest absolute Gasteiger partial charge is 0.340 e. The number of carbonyl (C=O) groups excluding carboxylic acids is 1. The van der Waals surface area contributed by atoms with Crippen LogP contribution in [0.5, 0.6) is 0 Å². The maximum absolute atomic E-state index is 13.0. The fourth-order valence-electron chi connectivity index (χ4n) is 4.02. The third-order valence-corrected chi connectivity index (χ3v) is 6.56. The summed E-state index contributed by atoms with van der Waals surface area (Å²) in [5.41, 5.74) is 4.68. The van der Waals surface area contributed by atoms with Crippen LogP contribution in [0, 0.1) is 12.8 Å². The molecule has 0 radical (unpaired) electrons.